The minimum atomic E-state index is -1.11. The molecule has 3 aliphatic heterocycles. The Bertz CT molecular complexity index is 4670. The van der Waals surface area contributed by atoms with E-state index in [4.69, 9.17) is 152 Å². The first-order chi connectivity index (χ1) is 50.9. The van der Waals surface area contributed by atoms with Crippen molar-refractivity contribution in [2.24, 2.45) is 0 Å². The zero-order valence-electron chi connectivity index (χ0n) is 59.8. The van der Waals surface area contributed by atoms with E-state index < -0.39 is 5.97 Å². The number of carboxylic acid groups (broad SMARTS) is 1. The van der Waals surface area contributed by atoms with Gasteiger partial charge in [0, 0.05) is 157 Å². The molecule has 7 aromatic heterocycles. The fourth-order valence-electron chi connectivity index (χ4n) is 11.3. The second-order valence-electron chi connectivity index (χ2n) is 23.6. The van der Waals surface area contributed by atoms with Gasteiger partial charge < -0.3 is 55.2 Å². The molecule has 109 heavy (non-hydrogen) atoms. The number of hydrogen-bond acceptors (Lipinski definition) is 18. The second kappa shape index (κ2) is 44.5. The standard InChI is InChI=1S/C20H24Cl2N4O2.C19H19Cl2N5O2.C13H16Cl2N2O2.C6H3Cl2NO2.C6H5Cl2NO.C6H4ClN3.CH4.B.Na.H/c1-28-19-11-16(4-5-17(19)22)24-6-8-25(9-7-24)20(27)13-26-12-14-2-3-15(21)10-18(14)23-26;1-28-16-10-14(3-4-15(16)20)24-6-8-25(9-7-24)18(27)12-26-19-13(11-22-26)2-5-17(21)23-19;1-19-12-8-10(2-3-11(12)15)16-4-6-17(7-5-16)13(18)9-14;7-4-2-1-3(6(10)11)5(8)9-4;7-5-2-1-4(3-10)6(8)9-5;7-5-2-1-4-3-8-10-6(4)9-5;;;;/h4-5,11-12,15H,2-3,6-10,13H2,1H3;2-5,10-11H,6-9,12H2,1H3;2-3,8H,4-7,9H2,1H3;1-2H,(H,10,11);1-2,10H,3H2;1-3H,(H,8,9,10);1H4;;;/q;;;;;;;;+1;-1. The first-order valence-corrected chi connectivity index (χ1v) is 37.1. The molecule has 10 heterocycles. The van der Waals surface area contributed by atoms with Crippen molar-refractivity contribution >= 4 is 199 Å². The number of ether oxygens (including phenoxy) is 3. The Kier molecular flexibility index (Phi) is 37.2. The molecule has 1 aliphatic carbocycles. The molecular weight excluding hydrogens is 1640 g/mol. The number of aromatic carboxylic acids is 1. The van der Waals surface area contributed by atoms with Crippen molar-refractivity contribution in [2.45, 2.75) is 51.8 Å². The molecule has 3 N–H and O–H groups in total. The zero-order chi connectivity index (χ0) is 76.1. The van der Waals surface area contributed by atoms with Crippen molar-refractivity contribution in [3.63, 3.8) is 0 Å². The summed E-state index contributed by atoms with van der Waals surface area (Å²) in [6, 6.07) is 30.3. The summed E-state index contributed by atoms with van der Waals surface area (Å²) < 4.78 is 19.2. The summed E-state index contributed by atoms with van der Waals surface area (Å²) in [6.45, 7) is 8.95. The number of aromatic nitrogens is 10. The SMILES string of the molecule is C.COc1cc(N2CCN(C(=O)CCl)CC2)ccc1Cl.COc1cc(N2CCN(C(=O)Cn3cc4c(n3)CC(Cl)CC4)CC2)ccc1Cl.COc1cc(N2CCN(C(=O)Cn3ncc4ccc(Cl)nc43)CC2)ccc1Cl.Clc1ccc2cn[nH]c2n1.O=C(O)c1ccc(Cl)nc1Cl.OCc1ccc(Cl)nc1Cl.[B].[H-].[Na+]. The molecule has 1 atom stereocenters. The van der Waals surface area contributed by atoms with E-state index in [0.29, 0.717) is 98.3 Å². The first kappa shape index (κ1) is 91.2. The third kappa shape index (κ3) is 25.9. The molecular formula is C71H76BCl11N16NaO9. The number of H-pyrrole nitrogens is 1. The molecule has 575 valence electrons. The van der Waals surface area contributed by atoms with Gasteiger partial charge in [-0.15, -0.1) is 23.2 Å². The van der Waals surface area contributed by atoms with Gasteiger partial charge in [-0.3, -0.25) is 24.2 Å². The van der Waals surface area contributed by atoms with Gasteiger partial charge in [-0.25, -0.2) is 29.4 Å². The van der Waals surface area contributed by atoms with Crippen LogP contribution >= 0.6 is 128 Å². The van der Waals surface area contributed by atoms with Crippen LogP contribution < -0.4 is 58.5 Å². The molecule has 0 bridgehead atoms. The molecule has 1 unspecified atom stereocenters. The van der Waals surface area contributed by atoms with E-state index in [1.54, 1.807) is 72.3 Å². The van der Waals surface area contributed by atoms with Crippen LogP contribution in [0.2, 0.25) is 46.0 Å². The van der Waals surface area contributed by atoms with Crippen molar-refractivity contribution in [1.29, 1.82) is 0 Å². The fraction of sp³-hybridized carbons (Fsp3) is 0.338. The summed E-state index contributed by atoms with van der Waals surface area (Å²) in [7, 11) is 4.81. The Hall–Kier alpha value is -6.70. The number of aliphatic hydroxyl groups excluding tert-OH is 1. The monoisotopic (exact) mass is 1720 g/mol. The van der Waals surface area contributed by atoms with E-state index in [-0.39, 0.29) is 117 Å². The Balaban J connectivity index is 0.000000246. The van der Waals surface area contributed by atoms with Crippen LogP contribution in [0.15, 0.2) is 122 Å². The number of fused-ring (bicyclic) bond motifs is 3. The zero-order valence-corrected chi connectivity index (χ0v) is 69.1. The van der Waals surface area contributed by atoms with Gasteiger partial charge in [-0.2, -0.15) is 15.3 Å². The largest absolute Gasteiger partial charge is 1.00 e. The average Bonchev–Trinajstić information content (AvgIpc) is 1.06. The maximum Gasteiger partial charge on any atom is 1.00 e. The maximum absolute atomic E-state index is 12.7. The average molecular weight is 1720 g/mol. The van der Waals surface area contributed by atoms with Crippen LogP contribution in [0.5, 0.6) is 17.2 Å². The van der Waals surface area contributed by atoms with Crippen molar-refractivity contribution in [1.82, 2.24) is 64.4 Å². The number of carbonyl (C=O) groups excluding carboxylic acids is 3. The van der Waals surface area contributed by atoms with E-state index in [9.17, 15) is 19.2 Å². The smallest absolute Gasteiger partial charge is 1.00 e. The van der Waals surface area contributed by atoms with E-state index in [2.05, 4.69) is 55.0 Å². The summed E-state index contributed by atoms with van der Waals surface area (Å²) in [5, 5.41) is 37.8. The number of carboxylic acids is 1. The van der Waals surface area contributed by atoms with Crippen LogP contribution in [0.4, 0.5) is 17.1 Å². The Morgan fingerprint density at radius 1 is 0.560 bits per heavy atom. The fourth-order valence-corrected chi connectivity index (χ4v) is 13.4. The molecule has 0 spiro atoms. The van der Waals surface area contributed by atoms with Gasteiger partial charge in [0.1, 0.15) is 67.1 Å². The van der Waals surface area contributed by atoms with Crippen LogP contribution in [-0.4, -0.2) is 218 Å². The molecule has 38 heteroatoms. The molecule has 25 nitrogen and oxygen atoms in total. The van der Waals surface area contributed by atoms with Gasteiger partial charge >= 0.3 is 35.5 Å². The van der Waals surface area contributed by atoms with Gasteiger partial charge in [0.25, 0.3) is 0 Å². The predicted octanol–water partition coefficient (Wildman–Crippen LogP) is 11.3. The summed E-state index contributed by atoms with van der Waals surface area (Å²) >= 11 is 63.5. The number of benzene rings is 3. The van der Waals surface area contributed by atoms with Crippen molar-refractivity contribution < 1.29 is 74.6 Å². The van der Waals surface area contributed by atoms with Crippen molar-refractivity contribution in [3.05, 3.63) is 190 Å². The summed E-state index contributed by atoms with van der Waals surface area (Å²) in [5.74, 6) is 1.03. The second-order valence-corrected chi connectivity index (χ2v) is 28.0. The number of methoxy groups -OCH3 is 3. The van der Waals surface area contributed by atoms with E-state index in [1.165, 1.54) is 17.7 Å². The maximum atomic E-state index is 12.7. The third-order valence-corrected chi connectivity index (χ3v) is 20.0. The molecule has 3 aromatic carbocycles. The molecule has 3 fully saturated rings. The number of amides is 3. The number of halogens is 11. The number of carbonyl (C=O) groups is 4. The van der Waals surface area contributed by atoms with Gasteiger partial charge in [-0.1, -0.05) is 118 Å². The number of hydrogen-bond donors (Lipinski definition) is 3. The third-order valence-electron chi connectivity index (χ3n) is 17.0. The number of piperazine rings is 3. The molecule has 0 saturated carbocycles. The van der Waals surface area contributed by atoms with Crippen LogP contribution in [-0.2, 0) is 46.9 Å². The molecule has 3 amide bonds. The van der Waals surface area contributed by atoms with Crippen molar-refractivity contribution in [2.75, 3.05) is 120 Å². The number of rotatable bonds is 13. The van der Waals surface area contributed by atoms with E-state index in [0.717, 1.165) is 97.7 Å². The summed E-state index contributed by atoms with van der Waals surface area (Å²) in [5.41, 5.74) is 7.31. The number of aryl methyl sites for hydroxylation is 1. The van der Waals surface area contributed by atoms with Crippen LogP contribution in [0.25, 0.3) is 22.1 Å². The number of nitrogens with zero attached hydrogens (tertiary/aromatic N) is 15. The predicted molar refractivity (Wildman–Crippen MR) is 431 cm³/mol. The van der Waals surface area contributed by atoms with Crippen molar-refractivity contribution in [3.8, 4) is 17.2 Å². The molecule has 3 saturated heterocycles. The Morgan fingerprint density at radius 3 is 1.48 bits per heavy atom. The normalized spacial score (nSPS) is 14.3. The molecule has 14 rings (SSSR count). The minimum Gasteiger partial charge on any atom is -1.00 e. The summed E-state index contributed by atoms with van der Waals surface area (Å²) in [4.78, 5) is 75.0. The van der Waals surface area contributed by atoms with E-state index in [1.807, 2.05) is 82.7 Å². The Morgan fingerprint density at radius 2 is 1.01 bits per heavy atom. The molecule has 3 radical (unpaired) electrons. The quantitative estimate of drug-likeness (QED) is 0.0550. The summed E-state index contributed by atoms with van der Waals surface area (Å²) in [6.07, 6.45) is 8.12. The number of aromatic amines is 1. The molecule has 4 aliphatic rings. The van der Waals surface area contributed by atoms with Crippen LogP contribution in [0.3, 0.4) is 0 Å². The Labute approximate surface area is 711 Å². The van der Waals surface area contributed by atoms with E-state index >= 15 is 0 Å². The molecule has 10 aromatic rings. The number of aliphatic hydroxyl groups is 1. The van der Waals surface area contributed by atoms with Gasteiger partial charge in [0.15, 0.2) is 11.3 Å². The number of nitrogens with one attached hydrogen (secondary N) is 1. The minimum absolute atomic E-state index is 0. The van der Waals surface area contributed by atoms with Crippen LogP contribution in [0.1, 0.15) is 42.5 Å². The number of pyridine rings is 4. The first-order valence-electron chi connectivity index (χ1n) is 32.7. The number of alkyl halides is 2. The topological polar surface area (TPSA) is 272 Å². The van der Waals surface area contributed by atoms with Gasteiger partial charge in [-0.05, 0) is 97.3 Å². The van der Waals surface area contributed by atoms with Gasteiger partial charge in [0.2, 0.25) is 17.7 Å². The number of anilines is 3. The van der Waals surface area contributed by atoms with Gasteiger partial charge in [0.05, 0.1) is 66.7 Å². The van der Waals surface area contributed by atoms with Crippen LogP contribution in [0, 0.1) is 0 Å².